The first kappa shape index (κ1) is 20.7. The second-order valence-corrected chi connectivity index (χ2v) is 9.85. The van der Waals surface area contributed by atoms with Crippen molar-refractivity contribution in [2.75, 3.05) is 18.0 Å². The highest BCUT2D eigenvalue weighted by atomic mass is 32.2. The number of benzene rings is 1. The molecule has 3 aromatic rings. The van der Waals surface area contributed by atoms with E-state index in [0.717, 1.165) is 17.0 Å². The lowest BCUT2D eigenvalue weighted by Crippen LogP contribution is -2.31. The van der Waals surface area contributed by atoms with E-state index in [1.807, 2.05) is 24.4 Å². The highest BCUT2D eigenvalue weighted by molar-refractivity contribution is 7.89. The maximum absolute atomic E-state index is 13.2. The minimum atomic E-state index is -3.76. The molecule has 1 saturated heterocycles. The summed E-state index contributed by atoms with van der Waals surface area (Å²) in [6.07, 6.45) is 1.99. The Labute approximate surface area is 179 Å². The first-order valence-corrected chi connectivity index (χ1v) is 12.1. The van der Waals surface area contributed by atoms with Crippen molar-refractivity contribution in [3.05, 3.63) is 47.7 Å². The monoisotopic (exact) mass is 446 g/mol. The number of hydrogen-bond acceptors (Lipinski definition) is 7. The molecule has 1 aromatic carbocycles. The van der Waals surface area contributed by atoms with Crippen molar-refractivity contribution in [2.24, 2.45) is 0 Å². The predicted molar refractivity (Wildman–Crippen MR) is 114 cm³/mol. The number of amides is 1. The van der Waals surface area contributed by atoms with E-state index in [-0.39, 0.29) is 23.2 Å². The zero-order chi connectivity index (χ0) is 21.1. The summed E-state index contributed by atoms with van der Waals surface area (Å²) in [6.45, 7) is 2.90. The smallest absolute Gasteiger partial charge is 0.257 e. The molecule has 1 amide bonds. The normalized spacial score (nSPS) is 14.7. The Morgan fingerprint density at radius 1 is 1.20 bits per heavy atom. The number of hydrogen-bond donors (Lipinski definition) is 0. The zero-order valence-electron chi connectivity index (χ0n) is 16.5. The molecular formula is C20H22N4O4S2. The van der Waals surface area contributed by atoms with E-state index >= 15 is 0 Å². The minimum Gasteiger partial charge on any atom is -0.418 e. The van der Waals surface area contributed by atoms with Crippen LogP contribution in [0.2, 0.25) is 0 Å². The van der Waals surface area contributed by atoms with E-state index in [2.05, 4.69) is 10.2 Å². The van der Waals surface area contributed by atoms with Gasteiger partial charge in [0.15, 0.2) is 0 Å². The van der Waals surface area contributed by atoms with Crippen LogP contribution in [0.5, 0.6) is 0 Å². The van der Waals surface area contributed by atoms with Crippen molar-refractivity contribution in [3.63, 3.8) is 0 Å². The van der Waals surface area contributed by atoms with Gasteiger partial charge in [-0.05, 0) is 48.6 Å². The maximum Gasteiger partial charge on any atom is 0.257 e. The Bertz CT molecular complexity index is 1110. The van der Waals surface area contributed by atoms with Gasteiger partial charge < -0.3 is 9.32 Å². The first-order chi connectivity index (χ1) is 14.5. The summed E-state index contributed by atoms with van der Waals surface area (Å²) in [5.41, 5.74) is 0.719. The molecule has 0 unspecified atom stereocenters. The largest absolute Gasteiger partial charge is 0.418 e. The number of aromatic nitrogens is 2. The molecule has 1 aliphatic heterocycles. The third kappa shape index (κ3) is 4.16. The number of carbonyl (C=O) groups is 1. The lowest BCUT2D eigenvalue weighted by atomic mass is 10.3. The van der Waals surface area contributed by atoms with Crippen molar-refractivity contribution in [1.29, 1.82) is 0 Å². The number of carbonyl (C=O) groups excluding carboxylic acids is 1. The van der Waals surface area contributed by atoms with Gasteiger partial charge in [0.25, 0.3) is 5.89 Å². The molecule has 4 rings (SSSR count). The number of anilines is 1. The quantitative estimate of drug-likeness (QED) is 0.525. The van der Waals surface area contributed by atoms with Crippen LogP contribution in [0.15, 0.2) is 51.1 Å². The number of sulfonamides is 1. The third-order valence-electron chi connectivity index (χ3n) is 4.84. The van der Waals surface area contributed by atoms with Crippen LogP contribution in [-0.2, 0) is 21.4 Å². The van der Waals surface area contributed by atoms with E-state index < -0.39 is 10.0 Å². The molecule has 1 fully saturated rings. The van der Waals surface area contributed by atoms with Crippen LogP contribution in [0.25, 0.3) is 10.8 Å². The number of rotatable bonds is 8. The van der Waals surface area contributed by atoms with Crippen LogP contribution in [0.3, 0.4) is 0 Å². The molecule has 2 aromatic heterocycles. The van der Waals surface area contributed by atoms with Crippen LogP contribution < -0.4 is 4.90 Å². The van der Waals surface area contributed by atoms with Crippen molar-refractivity contribution in [1.82, 2.24) is 14.5 Å². The maximum atomic E-state index is 13.2. The van der Waals surface area contributed by atoms with Gasteiger partial charge in [-0.2, -0.15) is 4.31 Å². The molecule has 30 heavy (non-hydrogen) atoms. The van der Waals surface area contributed by atoms with Crippen molar-refractivity contribution >= 4 is 33.0 Å². The Kier molecular flexibility index (Phi) is 5.98. The highest BCUT2D eigenvalue weighted by Crippen LogP contribution is 2.27. The molecule has 0 aliphatic carbocycles. The minimum absolute atomic E-state index is 0.000904. The number of thiophene rings is 1. The molecule has 1 aliphatic rings. The Morgan fingerprint density at radius 3 is 2.63 bits per heavy atom. The molecule has 8 nitrogen and oxygen atoms in total. The fraction of sp³-hybridized carbons (Fsp3) is 0.350. The molecule has 0 radical (unpaired) electrons. The molecule has 0 N–H and O–H groups in total. The van der Waals surface area contributed by atoms with Gasteiger partial charge in [0.2, 0.25) is 21.8 Å². The highest BCUT2D eigenvalue weighted by Gasteiger charge is 2.27. The molecular weight excluding hydrogens is 424 g/mol. The summed E-state index contributed by atoms with van der Waals surface area (Å²) in [6, 6.07) is 10.2. The summed E-state index contributed by atoms with van der Waals surface area (Å²) < 4.78 is 33.4. The van der Waals surface area contributed by atoms with Gasteiger partial charge >= 0.3 is 0 Å². The van der Waals surface area contributed by atoms with Crippen LogP contribution >= 0.6 is 11.3 Å². The summed E-state index contributed by atoms with van der Waals surface area (Å²) in [5.74, 6) is 0.694. The van der Waals surface area contributed by atoms with Gasteiger partial charge in [0.05, 0.1) is 16.3 Å². The van der Waals surface area contributed by atoms with Crippen molar-refractivity contribution in [3.8, 4) is 10.8 Å². The Morgan fingerprint density at radius 2 is 2.00 bits per heavy atom. The fourth-order valence-corrected chi connectivity index (χ4v) is 5.50. The van der Waals surface area contributed by atoms with E-state index in [9.17, 15) is 13.2 Å². The summed E-state index contributed by atoms with van der Waals surface area (Å²) in [7, 11) is -3.76. The van der Waals surface area contributed by atoms with E-state index in [1.54, 1.807) is 29.2 Å². The molecule has 10 heteroatoms. The first-order valence-electron chi connectivity index (χ1n) is 9.76. The Balaban J connectivity index is 1.54. The SMILES string of the molecule is CCCN(Cc1nnc(-c2cccs2)o1)S(=O)(=O)c1ccc(N2CCCC2=O)cc1. The zero-order valence-corrected chi connectivity index (χ0v) is 18.2. The second-order valence-electron chi connectivity index (χ2n) is 6.96. The summed E-state index contributed by atoms with van der Waals surface area (Å²) in [4.78, 5) is 14.6. The van der Waals surface area contributed by atoms with Crippen molar-refractivity contribution in [2.45, 2.75) is 37.6 Å². The molecule has 0 spiro atoms. The fourth-order valence-electron chi connectivity index (χ4n) is 3.37. The molecule has 158 valence electrons. The van der Waals surface area contributed by atoms with Gasteiger partial charge in [0, 0.05) is 25.2 Å². The Hall–Kier alpha value is -2.56. The van der Waals surface area contributed by atoms with Crippen LogP contribution in [0.1, 0.15) is 32.1 Å². The second kappa shape index (κ2) is 8.66. The van der Waals surface area contributed by atoms with E-state index in [4.69, 9.17) is 4.42 Å². The summed E-state index contributed by atoms with van der Waals surface area (Å²) >= 11 is 1.48. The topological polar surface area (TPSA) is 96.6 Å². The molecule has 3 heterocycles. The van der Waals surface area contributed by atoms with Gasteiger partial charge in [-0.25, -0.2) is 8.42 Å². The summed E-state index contributed by atoms with van der Waals surface area (Å²) in [5, 5.41) is 9.95. The van der Waals surface area contributed by atoms with Gasteiger partial charge in [0.1, 0.15) is 0 Å². The van der Waals surface area contributed by atoms with Gasteiger partial charge in [-0.3, -0.25) is 4.79 Å². The molecule has 0 bridgehead atoms. The molecule has 0 saturated carbocycles. The lowest BCUT2D eigenvalue weighted by molar-refractivity contribution is -0.117. The van der Waals surface area contributed by atoms with Crippen LogP contribution in [0, 0.1) is 0 Å². The number of nitrogens with zero attached hydrogens (tertiary/aromatic N) is 4. The third-order valence-corrected chi connectivity index (χ3v) is 7.56. The van der Waals surface area contributed by atoms with Crippen LogP contribution in [0.4, 0.5) is 5.69 Å². The predicted octanol–water partition coefficient (Wildman–Crippen LogP) is 3.53. The van der Waals surface area contributed by atoms with Gasteiger partial charge in [-0.15, -0.1) is 21.5 Å². The van der Waals surface area contributed by atoms with Crippen molar-refractivity contribution < 1.29 is 17.6 Å². The standard InChI is InChI=1S/C20H22N4O4S2/c1-2-11-23(14-18-21-22-20(28-18)17-5-4-13-29-17)30(26,27)16-9-7-15(8-10-16)24-12-3-6-19(24)25/h4-5,7-10,13H,2-3,6,11-12,14H2,1H3. The van der Waals surface area contributed by atoms with E-state index in [0.29, 0.717) is 31.8 Å². The van der Waals surface area contributed by atoms with Crippen LogP contribution in [-0.4, -0.2) is 41.9 Å². The van der Waals surface area contributed by atoms with E-state index in [1.165, 1.54) is 15.6 Å². The average molecular weight is 447 g/mol. The average Bonchev–Trinajstić information content (AvgIpc) is 3.49. The van der Waals surface area contributed by atoms with Gasteiger partial charge in [-0.1, -0.05) is 13.0 Å². The molecule has 0 atom stereocenters. The lowest BCUT2D eigenvalue weighted by Gasteiger charge is -2.21.